The molecule has 1 aliphatic carbocycles. The molecular formula is C41H41ClN13+. The van der Waals surface area contributed by atoms with Gasteiger partial charge in [-0.2, -0.15) is 5.10 Å². The normalized spacial score (nSPS) is 19.8. The SMILES string of the molecule is Clc1cc(C2C=CC=CC2)nnc1N1CC[N+](=C2N=CC(c3ccc(-c4nnc(N5CCN(c6ncccn6)CC5)cc4-c4ccncc4)cc3)CN2)CC1. The van der Waals surface area contributed by atoms with Gasteiger partial charge in [-0.05, 0) is 47.9 Å². The Kier molecular flexibility index (Phi) is 9.91. The van der Waals surface area contributed by atoms with Crippen LogP contribution in [0, 0.1) is 0 Å². The smallest absolute Gasteiger partial charge is 0.352 e. The zero-order valence-electron chi connectivity index (χ0n) is 30.4. The summed E-state index contributed by atoms with van der Waals surface area (Å²) in [7, 11) is 0. The van der Waals surface area contributed by atoms with Crippen molar-refractivity contribution in [2.45, 2.75) is 18.3 Å². The van der Waals surface area contributed by atoms with Crippen LogP contribution in [0.25, 0.3) is 22.4 Å². The second-order valence-electron chi connectivity index (χ2n) is 14.0. The maximum absolute atomic E-state index is 6.72. The first-order valence-electron chi connectivity index (χ1n) is 18.8. The minimum atomic E-state index is 0.147. The number of benzene rings is 1. The average Bonchev–Trinajstić information content (AvgIpc) is 3.27. The molecule has 2 fully saturated rings. The first-order chi connectivity index (χ1) is 27.2. The molecule has 5 aromatic rings. The van der Waals surface area contributed by atoms with Crippen molar-refractivity contribution >= 4 is 41.4 Å². The Balaban J connectivity index is 0.858. The van der Waals surface area contributed by atoms with E-state index in [1.165, 1.54) is 5.56 Å². The predicted octanol–water partition coefficient (Wildman–Crippen LogP) is 5.01. The summed E-state index contributed by atoms with van der Waals surface area (Å²) in [5, 5.41) is 22.8. The summed E-state index contributed by atoms with van der Waals surface area (Å²) in [6, 6.07) is 18.6. The van der Waals surface area contributed by atoms with Crippen molar-refractivity contribution in [2.75, 3.05) is 73.6 Å². The van der Waals surface area contributed by atoms with E-state index in [2.05, 4.69) is 111 Å². The number of aromatic nitrogens is 7. The van der Waals surface area contributed by atoms with Crippen LogP contribution < -0.4 is 20.0 Å². The van der Waals surface area contributed by atoms with Crippen LogP contribution in [0.2, 0.25) is 5.02 Å². The minimum absolute atomic E-state index is 0.147. The van der Waals surface area contributed by atoms with E-state index in [9.17, 15) is 0 Å². The van der Waals surface area contributed by atoms with Crippen LogP contribution in [0.15, 0.2) is 109 Å². The van der Waals surface area contributed by atoms with Crippen molar-refractivity contribution in [1.29, 1.82) is 0 Å². The number of pyridine rings is 1. The standard InChI is InChI=1S/C41H40ClN13/c42-35-26-36(31-5-2-1-3-6-31)48-51-39(35)53-19-23-55(24-20-53)41-46-27-33(28-47-41)29-7-9-32(10-8-29)38-34(30-11-15-43-16-12-30)25-37(49-50-38)52-17-21-54(22-18-52)40-44-13-4-14-45-40/h1-5,7-16,25-27,31,33H,6,17-24,28H2/p+1. The molecule has 2 atom stereocenters. The van der Waals surface area contributed by atoms with Crippen LogP contribution >= 0.6 is 11.6 Å². The molecule has 2 unspecified atom stereocenters. The molecule has 14 heteroatoms. The lowest BCUT2D eigenvalue weighted by molar-refractivity contribution is -0.532. The number of hydrogen-bond donors (Lipinski definition) is 1. The molecular weight excluding hydrogens is 710 g/mol. The molecule has 276 valence electrons. The fourth-order valence-electron chi connectivity index (χ4n) is 7.54. The zero-order chi connectivity index (χ0) is 37.0. The minimum Gasteiger partial charge on any atom is -0.352 e. The number of nitrogens with zero attached hydrogens (tertiary/aromatic N) is 12. The van der Waals surface area contributed by atoms with Gasteiger partial charge in [0.1, 0.15) is 5.69 Å². The molecule has 2 saturated heterocycles. The number of allylic oxidation sites excluding steroid dienone is 4. The van der Waals surface area contributed by atoms with Crippen molar-refractivity contribution in [1.82, 2.24) is 40.7 Å². The molecule has 7 heterocycles. The molecule has 1 N–H and O–H groups in total. The Morgan fingerprint density at radius 2 is 1.51 bits per heavy atom. The van der Waals surface area contributed by atoms with E-state index in [-0.39, 0.29) is 11.8 Å². The number of hydrogen-bond acceptors (Lipinski definition) is 10. The molecule has 0 amide bonds. The van der Waals surface area contributed by atoms with E-state index >= 15 is 0 Å². The van der Waals surface area contributed by atoms with Gasteiger partial charge in [0, 0.05) is 68.0 Å². The lowest BCUT2D eigenvalue weighted by Crippen LogP contribution is -2.48. The summed E-state index contributed by atoms with van der Waals surface area (Å²) in [6.45, 7) is 7.20. The lowest BCUT2D eigenvalue weighted by Gasteiger charge is -2.35. The van der Waals surface area contributed by atoms with Crippen LogP contribution in [-0.4, -0.2) is 111 Å². The third kappa shape index (κ3) is 7.52. The van der Waals surface area contributed by atoms with E-state index in [1.54, 1.807) is 12.4 Å². The van der Waals surface area contributed by atoms with Gasteiger partial charge in [0.05, 0.1) is 55.6 Å². The second kappa shape index (κ2) is 15.7. The van der Waals surface area contributed by atoms with Crippen molar-refractivity contribution in [3.05, 3.63) is 120 Å². The molecule has 0 spiro atoms. The maximum Gasteiger partial charge on any atom is 0.386 e. The maximum atomic E-state index is 6.72. The highest BCUT2D eigenvalue weighted by Crippen LogP contribution is 2.34. The lowest BCUT2D eigenvalue weighted by atomic mass is 9.95. The van der Waals surface area contributed by atoms with Crippen molar-refractivity contribution in [3.63, 3.8) is 0 Å². The number of nitrogens with one attached hydrogen (secondary N) is 1. The van der Waals surface area contributed by atoms with Crippen LogP contribution in [0.4, 0.5) is 17.6 Å². The molecule has 55 heavy (non-hydrogen) atoms. The second-order valence-corrected chi connectivity index (χ2v) is 14.4. The molecule has 0 bridgehead atoms. The summed E-state index contributed by atoms with van der Waals surface area (Å²) in [4.78, 5) is 24.7. The van der Waals surface area contributed by atoms with E-state index < -0.39 is 0 Å². The Morgan fingerprint density at radius 3 is 2.22 bits per heavy atom. The fourth-order valence-corrected chi connectivity index (χ4v) is 7.81. The summed E-state index contributed by atoms with van der Waals surface area (Å²) >= 11 is 6.72. The van der Waals surface area contributed by atoms with Crippen LogP contribution in [-0.2, 0) is 0 Å². The van der Waals surface area contributed by atoms with Crippen LogP contribution in [0.3, 0.4) is 0 Å². The van der Waals surface area contributed by atoms with E-state index in [0.717, 1.165) is 117 Å². The number of rotatable bonds is 7. The highest BCUT2D eigenvalue weighted by molar-refractivity contribution is 6.33. The van der Waals surface area contributed by atoms with Gasteiger partial charge in [0.25, 0.3) is 0 Å². The Hall–Kier alpha value is -6.08. The molecule has 4 aromatic heterocycles. The molecule has 0 saturated carbocycles. The van der Waals surface area contributed by atoms with E-state index in [1.807, 2.05) is 36.7 Å². The van der Waals surface area contributed by atoms with Gasteiger partial charge in [-0.25, -0.2) is 9.97 Å². The number of anilines is 3. The first kappa shape index (κ1) is 34.7. The largest absolute Gasteiger partial charge is 0.386 e. The molecule has 4 aliphatic rings. The third-order valence-corrected chi connectivity index (χ3v) is 10.9. The van der Waals surface area contributed by atoms with Gasteiger partial charge in [-0.3, -0.25) is 14.9 Å². The summed E-state index contributed by atoms with van der Waals surface area (Å²) in [6.07, 6.45) is 18.6. The van der Waals surface area contributed by atoms with Crippen LogP contribution in [0.5, 0.6) is 0 Å². The van der Waals surface area contributed by atoms with Gasteiger partial charge >= 0.3 is 5.96 Å². The molecule has 13 nitrogen and oxygen atoms in total. The van der Waals surface area contributed by atoms with Gasteiger partial charge in [-0.15, -0.1) is 15.3 Å². The van der Waals surface area contributed by atoms with Gasteiger partial charge < -0.3 is 14.7 Å². The van der Waals surface area contributed by atoms with Crippen molar-refractivity contribution in [3.8, 4) is 22.4 Å². The Labute approximate surface area is 324 Å². The number of guanidine groups is 1. The van der Waals surface area contributed by atoms with E-state index in [0.29, 0.717) is 5.02 Å². The fraction of sp³-hybridized carbons (Fsp3) is 0.293. The summed E-state index contributed by atoms with van der Waals surface area (Å²) < 4.78 is 2.29. The number of aliphatic imine (C=N–C) groups is 1. The molecule has 9 rings (SSSR count). The summed E-state index contributed by atoms with van der Waals surface area (Å²) in [5.74, 6) is 3.64. The number of piperazine rings is 2. The van der Waals surface area contributed by atoms with Crippen molar-refractivity contribution in [2.24, 2.45) is 4.99 Å². The van der Waals surface area contributed by atoms with E-state index in [4.69, 9.17) is 26.8 Å². The number of halogens is 1. The van der Waals surface area contributed by atoms with Crippen molar-refractivity contribution < 1.29 is 4.58 Å². The Bertz CT molecular complexity index is 2240. The molecule has 1 aromatic carbocycles. The van der Waals surface area contributed by atoms with Gasteiger partial charge in [0.2, 0.25) is 5.95 Å². The zero-order valence-corrected chi connectivity index (χ0v) is 31.1. The molecule has 3 aliphatic heterocycles. The topological polar surface area (TPSA) is 127 Å². The van der Waals surface area contributed by atoms with Crippen LogP contribution in [0.1, 0.15) is 29.5 Å². The van der Waals surface area contributed by atoms with Gasteiger partial charge in [0.15, 0.2) is 11.6 Å². The third-order valence-electron chi connectivity index (χ3n) is 10.7. The van der Waals surface area contributed by atoms with Gasteiger partial charge in [-0.1, -0.05) is 65.2 Å². The average molecular weight is 751 g/mol. The first-order valence-corrected chi connectivity index (χ1v) is 19.2. The highest BCUT2D eigenvalue weighted by Gasteiger charge is 2.28. The Morgan fingerprint density at radius 1 is 0.727 bits per heavy atom. The quantitative estimate of drug-likeness (QED) is 0.226. The summed E-state index contributed by atoms with van der Waals surface area (Å²) in [5.41, 5.74) is 6.02. The highest BCUT2D eigenvalue weighted by atomic mass is 35.5. The monoisotopic (exact) mass is 750 g/mol. The molecule has 0 radical (unpaired) electrons. The predicted molar refractivity (Wildman–Crippen MR) is 216 cm³/mol.